The van der Waals surface area contributed by atoms with Crippen LogP contribution in [0.4, 0.5) is 0 Å². The van der Waals surface area contributed by atoms with Crippen molar-refractivity contribution >= 4 is 22.8 Å². The number of rotatable bonds is 2. The molecule has 16 heavy (non-hydrogen) atoms. The van der Waals surface area contributed by atoms with E-state index in [1.54, 1.807) is 30.3 Å². The van der Waals surface area contributed by atoms with Crippen LogP contribution in [0.1, 0.15) is 5.76 Å². The quantitative estimate of drug-likeness (QED) is 0.778. The average Bonchev–Trinajstić information content (AvgIpc) is 2.26. The first-order chi connectivity index (χ1) is 7.66. The summed E-state index contributed by atoms with van der Waals surface area (Å²) in [5.74, 6) is -0.859. The average molecular weight is 216 g/mol. The fourth-order valence-corrected chi connectivity index (χ4v) is 1.39. The van der Waals surface area contributed by atoms with Crippen LogP contribution in [0.5, 0.6) is 0 Å². The summed E-state index contributed by atoms with van der Waals surface area (Å²) in [4.78, 5) is 21.8. The Kier molecular flexibility index (Phi) is 2.55. The van der Waals surface area contributed by atoms with Gasteiger partial charge in [-0.3, -0.25) is 0 Å². The van der Waals surface area contributed by atoms with Gasteiger partial charge >= 0.3 is 11.6 Å². The number of hydrogen-bond donors (Lipinski definition) is 1. The summed E-state index contributed by atoms with van der Waals surface area (Å²) < 4.78 is 4.94. The SMILES string of the molecule is O=C(O)/C=C/c1cc2ccccc2c(=O)o1. The van der Waals surface area contributed by atoms with Gasteiger partial charge in [-0.05, 0) is 23.6 Å². The van der Waals surface area contributed by atoms with Crippen molar-refractivity contribution in [2.45, 2.75) is 0 Å². The number of carboxylic acids is 1. The van der Waals surface area contributed by atoms with Gasteiger partial charge in [-0.25, -0.2) is 9.59 Å². The van der Waals surface area contributed by atoms with Gasteiger partial charge in [0.05, 0.1) is 5.39 Å². The zero-order valence-electron chi connectivity index (χ0n) is 8.21. The van der Waals surface area contributed by atoms with E-state index < -0.39 is 11.6 Å². The maximum absolute atomic E-state index is 11.5. The van der Waals surface area contributed by atoms with E-state index in [-0.39, 0.29) is 5.76 Å². The molecule has 0 saturated carbocycles. The number of benzene rings is 1. The number of hydrogen-bond acceptors (Lipinski definition) is 3. The normalized spacial score (nSPS) is 11.0. The van der Waals surface area contributed by atoms with Gasteiger partial charge < -0.3 is 9.52 Å². The lowest BCUT2D eigenvalue weighted by Crippen LogP contribution is -1.99. The molecule has 0 atom stereocenters. The molecule has 1 aromatic carbocycles. The van der Waals surface area contributed by atoms with Crippen molar-refractivity contribution < 1.29 is 14.3 Å². The summed E-state index contributed by atoms with van der Waals surface area (Å²) >= 11 is 0. The second kappa shape index (κ2) is 4.02. The van der Waals surface area contributed by atoms with Gasteiger partial charge in [-0.15, -0.1) is 0 Å². The molecule has 0 amide bonds. The predicted molar refractivity (Wildman–Crippen MR) is 59.2 cm³/mol. The zero-order valence-corrected chi connectivity index (χ0v) is 8.21. The van der Waals surface area contributed by atoms with Crippen molar-refractivity contribution in [1.82, 2.24) is 0 Å². The minimum atomic E-state index is -1.09. The first-order valence-corrected chi connectivity index (χ1v) is 4.61. The molecular formula is C12H8O4. The van der Waals surface area contributed by atoms with Crippen molar-refractivity contribution in [3.63, 3.8) is 0 Å². The molecule has 0 aliphatic carbocycles. The number of fused-ring (bicyclic) bond motifs is 1. The zero-order chi connectivity index (χ0) is 11.5. The molecule has 1 heterocycles. The fourth-order valence-electron chi connectivity index (χ4n) is 1.39. The van der Waals surface area contributed by atoms with Crippen LogP contribution in [-0.4, -0.2) is 11.1 Å². The molecule has 4 heteroatoms. The van der Waals surface area contributed by atoms with Crippen LogP contribution in [-0.2, 0) is 4.79 Å². The van der Waals surface area contributed by atoms with Gasteiger partial charge in [0, 0.05) is 6.08 Å². The lowest BCUT2D eigenvalue weighted by atomic mass is 10.1. The van der Waals surface area contributed by atoms with Crippen LogP contribution in [0.3, 0.4) is 0 Å². The maximum atomic E-state index is 11.5. The molecule has 0 unspecified atom stereocenters. The van der Waals surface area contributed by atoms with E-state index in [1.807, 2.05) is 0 Å². The van der Waals surface area contributed by atoms with Gasteiger partial charge in [0.25, 0.3) is 0 Å². The molecule has 1 N–H and O–H groups in total. The van der Waals surface area contributed by atoms with Crippen LogP contribution < -0.4 is 5.63 Å². The van der Waals surface area contributed by atoms with Crippen molar-refractivity contribution in [2.24, 2.45) is 0 Å². The van der Waals surface area contributed by atoms with Gasteiger partial charge in [0.2, 0.25) is 0 Å². The topological polar surface area (TPSA) is 67.5 Å². The summed E-state index contributed by atoms with van der Waals surface area (Å²) in [5.41, 5.74) is -0.469. The van der Waals surface area contributed by atoms with E-state index in [1.165, 1.54) is 6.08 Å². The number of carbonyl (C=O) groups is 1. The molecule has 0 aliphatic heterocycles. The molecule has 80 valence electrons. The van der Waals surface area contributed by atoms with Crippen LogP contribution >= 0.6 is 0 Å². The van der Waals surface area contributed by atoms with E-state index in [9.17, 15) is 9.59 Å². The van der Waals surface area contributed by atoms with Crippen LogP contribution in [0, 0.1) is 0 Å². The van der Waals surface area contributed by atoms with Gasteiger partial charge in [-0.2, -0.15) is 0 Å². The summed E-state index contributed by atoms with van der Waals surface area (Å²) in [6.07, 6.45) is 2.17. The summed E-state index contributed by atoms with van der Waals surface area (Å²) in [7, 11) is 0. The lowest BCUT2D eigenvalue weighted by molar-refractivity contribution is -0.131. The van der Waals surface area contributed by atoms with Gasteiger partial charge in [-0.1, -0.05) is 18.2 Å². The highest BCUT2D eigenvalue weighted by molar-refractivity contribution is 5.86. The highest BCUT2D eigenvalue weighted by atomic mass is 16.4. The molecule has 0 saturated heterocycles. The van der Waals surface area contributed by atoms with Crippen molar-refractivity contribution in [2.75, 3.05) is 0 Å². The molecule has 0 bridgehead atoms. The van der Waals surface area contributed by atoms with Crippen molar-refractivity contribution in [1.29, 1.82) is 0 Å². The molecule has 0 radical (unpaired) electrons. The maximum Gasteiger partial charge on any atom is 0.344 e. The Balaban J connectivity index is 2.58. The largest absolute Gasteiger partial charge is 0.478 e. The number of carboxylic acid groups (broad SMARTS) is 1. The Hall–Kier alpha value is -2.36. The van der Waals surface area contributed by atoms with Gasteiger partial charge in [0.15, 0.2) is 0 Å². The lowest BCUT2D eigenvalue weighted by Gasteiger charge is -1.96. The monoisotopic (exact) mass is 216 g/mol. The van der Waals surface area contributed by atoms with Crippen LogP contribution in [0.25, 0.3) is 16.8 Å². The predicted octanol–water partition coefficient (Wildman–Crippen LogP) is 1.89. The smallest absolute Gasteiger partial charge is 0.344 e. The standard InChI is InChI=1S/C12H8O4/c13-11(14)6-5-9-7-8-3-1-2-4-10(8)12(15)16-9/h1-7H,(H,13,14)/b6-5+. The fraction of sp³-hybridized carbons (Fsp3) is 0. The molecule has 0 fully saturated rings. The van der Waals surface area contributed by atoms with E-state index >= 15 is 0 Å². The molecule has 2 aromatic rings. The summed E-state index contributed by atoms with van der Waals surface area (Å²) in [5, 5.41) is 9.66. The van der Waals surface area contributed by atoms with E-state index in [2.05, 4.69) is 0 Å². The molecular weight excluding hydrogens is 208 g/mol. The Morgan fingerprint density at radius 3 is 2.81 bits per heavy atom. The van der Waals surface area contributed by atoms with E-state index in [0.717, 1.165) is 11.5 Å². The highest BCUT2D eigenvalue weighted by Crippen LogP contribution is 2.12. The van der Waals surface area contributed by atoms with Gasteiger partial charge in [0.1, 0.15) is 5.76 Å². The minimum absolute atomic E-state index is 0.228. The third-order valence-electron chi connectivity index (χ3n) is 2.08. The van der Waals surface area contributed by atoms with Crippen LogP contribution in [0.2, 0.25) is 0 Å². The third-order valence-corrected chi connectivity index (χ3v) is 2.08. The van der Waals surface area contributed by atoms with Crippen LogP contribution in [0.15, 0.2) is 45.6 Å². The van der Waals surface area contributed by atoms with E-state index in [4.69, 9.17) is 9.52 Å². The Morgan fingerprint density at radius 1 is 1.31 bits per heavy atom. The Labute approximate surface area is 90.4 Å². The first kappa shape index (κ1) is 10.2. The molecule has 1 aromatic heterocycles. The summed E-state index contributed by atoms with van der Waals surface area (Å²) in [6.45, 7) is 0. The number of aliphatic carboxylic acids is 1. The first-order valence-electron chi connectivity index (χ1n) is 4.61. The summed E-state index contributed by atoms with van der Waals surface area (Å²) in [6, 6.07) is 8.59. The third kappa shape index (κ3) is 2.00. The molecule has 4 nitrogen and oxygen atoms in total. The molecule has 0 spiro atoms. The second-order valence-electron chi connectivity index (χ2n) is 3.20. The molecule has 0 aliphatic rings. The van der Waals surface area contributed by atoms with Crippen molar-refractivity contribution in [3.8, 4) is 0 Å². The highest BCUT2D eigenvalue weighted by Gasteiger charge is 2.01. The molecule has 2 rings (SSSR count). The minimum Gasteiger partial charge on any atom is -0.478 e. The Bertz CT molecular complexity index is 622. The van der Waals surface area contributed by atoms with E-state index in [0.29, 0.717) is 5.39 Å². The van der Waals surface area contributed by atoms with Crippen molar-refractivity contribution in [3.05, 3.63) is 52.6 Å². The second-order valence-corrected chi connectivity index (χ2v) is 3.20. The Morgan fingerprint density at radius 2 is 2.06 bits per heavy atom.